The highest BCUT2D eigenvalue weighted by Crippen LogP contribution is 2.20. The number of anilines is 1. The number of nitrogens with one attached hydrogen (secondary N) is 1. The molecule has 0 saturated heterocycles. The molecule has 2 rings (SSSR count). The lowest BCUT2D eigenvalue weighted by atomic mass is 10.1. The summed E-state index contributed by atoms with van der Waals surface area (Å²) in [6.45, 7) is 4.84. The average Bonchev–Trinajstić information content (AvgIpc) is 2.53. The van der Waals surface area contributed by atoms with E-state index >= 15 is 0 Å². The lowest BCUT2D eigenvalue weighted by Crippen LogP contribution is -2.03. The molecule has 106 valence electrons. The standard InChI is InChI=1S/C18H18N2O/c1-2-13-21-18-6-4-3-5-16(18)14-20-17-9-7-15(8-10-17)11-12-19/h2-10,20H,1,11,13-14H2. The molecule has 0 heterocycles. The normalized spacial score (nSPS) is 9.67. The number of hydrogen-bond donors (Lipinski definition) is 1. The summed E-state index contributed by atoms with van der Waals surface area (Å²) in [6.07, 6.45) is 2.18. The number of ether oxygens (including phenoxy) is 1. The highest BCUT2D eigenvalue weighted by molar-refractivity contribution is 5.46. The Hall–Kier alpha value is -2.73. The van der Waals surface area contributed by atoms with Crippen LogP contribution in [0.2, 0.25) is 0 Å². The minimum absolute atomic E-state index is 0.443. The molecule has 2 aromatic carbocycles. The molecule has 0 aliphatic carbocycles. The van der Waals surface area contributed by atoms with E-state index in [1.54, 1.807) is 6.08 Å². The van der Waals surface area contributed by atoms with E-state index in [4.69, 9.17) is 10.00 Å². The average molecular weight is 278 g/mol. The lowest BCUT2D eigenvalue weighted by molar-refractivity contribution is 0.359. The summed E-state index contributed by atoms with van der Waals surface area (Å²) in [5, 5.41) is 12.0. The van der Waals surface area contributed by atoms with Gasteiger partial charge in [-0.3, -0.25) is 0 Å². The van der Waals surface area contributed by atoms with Crippen LogP contribution in [-0.2, 0) is 13.0 Å². The van der Waals surface area contributed by atoms with Crippen LogP contribution < -0.4 is 10.1 Å². The van der Waals surface area contributed by atoms with Gasteiger partial charge in [0.1, 0.15) is 12.4 Å². The molecule has 0 bridgehead atoms. The summed E-state index contributed by atoms with van der Waals surface area (Å²) >= 11 is 0. The van der Waals surface area contributed by atoms with Gasteiger partial charge in [0.05, 0.1) is 12.5 Å². The fourth-order valence-corrected chi connectivity index (χ4v) is 1.97. The molecule has 0 fully saturated rings. The van der Waals surface area contributed by atoms with Crippen LogP contribution in [-0.4, -0.2) is 6.61 Å². The maximum atomic E-state index is 8.66. The topological polar surface area (TPSA) is 45.0 Å². The molecule has 1 N–H and O–H groups in total. The van der Waals surface area contributed by atoms with Gasteiger partial charge in [-0.05, 0) is 23.8 Å². The molecule has 0 radical (unpaired) electrons. The van der Waals surface area contributed by atoms with Crippen molar-refractivity contribution >= 4 is 5.69 Å². The molecule has 21 heavy (non-hydrogen) atoms. The first-order chi connectivity index (χ1) is 10.3. The van der Waals surface area contributed by atoms with E-state index in [1.807, 2.05) is 48.5 Å². The Labute approximate surface area is 125 Å². The van der Waals surface area contributed by atoms with Crippen LogP contribution in [0.1, 0.15) is 11.1 Å². The Kier molecular flexibility index (Phi) is 5.42. The molecule has 0 saturated carbocycles. The second-order valence-electron chi connectivity index (χ2n) is 4.59. The molecule has 0 spiro atoms. The van der Waals surface area contributed by atoms with E-state index < -0.39 is 0 Å². The maximum Gasteiger partial charge on any atom is 0.124 e. The van der Waals surface area contributed by atoms with Crippen LogP contribution >= 0.6 is 0 Å². The zero-order valence-corrected chi connectivity index (χ0v) is 11.9. The molecular weight excluding hydrogens is 260 g/mol. The summed E-state index contributed by atoms with van der Waals surface area (Å²) in [6, 6.07) is 18.0. The van der Waals surface area contributed by atoms with Gasteiger partial charge in [-0.2, -0.15) is 5.26 Å². The van der Waals surface area contributed by atoms with Crippen LogP contribution in [0.4, 0.5) is 5.69 Å². The quantitative estimate of drug-likeness (QED) is 0.780. The van der Waals surface area contributed by atoms with Crippen LogP contribution in [0.5, 0.6) is 5.75 Å². The Bertz CT molecular complexity index is 626. The first kappa shape index (κ1) is 14.7. The van der Waals surface area contributed by atoms with Gasteiger partial charge in [0.2, 0.25) is 0 Å². The van der Waals surface area contributed by atoms with Gasteiger partial charge in [0.15, 0.2) is 0 Å². The number of para-hydroxylation sites is 1. The minimum Gasteiger partial charge on any atom is -0.489 e. The predicted molar refractivity (Wildman–Crippen MR) is 85.2 cm³/mol. The molecule has 0 atom stereocenters. The molecule has 2 aromatic rings. The Balaban J connectivity index is 1.99. The maximum absolute atomic E-state index is 8.66. The number of nitriles is 1. The minimum atomic E-state index is 0.443. The summed E-state index contributed by atoms with van der Waals surface area (Å²) in [4.78, 5) is 0. The highest BCUT2D eigenvalue weighted by atomic mass is 16.5. The molecule has 0 aromatic heterocycles. The lowest BCUT2D eigenvalue weighted by Gasteiger charge is -2.12. The molecule has 0 amide bonds. The van der Waals surface area contributed by atoms with E-state index in [2.05, 4.69) is 18.0 Å². The van der Waals surface area contributed by atoms with Crippen molar-refractivity contribution < 1.29 is 4.74 Å². The molecule has 0 aliphatic rings. The van der Waals surface area contributed by atoms with Gasteiger partial charge in [-0.15, -0.1) is 0 Å². The molecular formula is C18H18N2O. The predicted octanol–water partition coefficient (Wildman–Crippen LogP) is 3.93. The van der Waals surface area contributed by atoms with Crippen molar-refractivity contribution in [3.63, 3.8) is 0 Å². The Morgan fingerprint density at radius 2 is 1.90 bits per heavy atom. The van der Waals surface area contributed by atoms with E-state index in [9.17, 15) is 0 Å². The van der Waals surface area contributed by atoms with E-state index in [-0.39, 0.29) is 0 Å². The molecule has 3 heteroatoms. The highest BCUT2D eigenvalue weighted by Gasteiger charge is 2.02. The van der Waals surface area contributed by atoms with Crippen molar-refractivity contribution in [2.24, 2.45) is 0 Å². The van der Waals surface area contributed by atoms with Gasteiger partial charge in [0.25, 0.3) is 0 Å². The molecule has 0 unspecified atom stereocenters. The van der Waals surface area contributed by atoms with Gasteiger partial charge < -0.3 is 10.1 Å². The second kappa shape index (κ2) is 7.76. The van der Waals surface area contributed by atoms with Gasteiger partial charge in [-0.25, -0.2) is 0 Å². The summed E-state index contributed by atoms with van der Waals surface area (Å²) in [5.41, 5.74) is 3.15. The van der Waals surface area contributed by atoms with E-state index in [0.717, 1.165) is 22.6 Å². The monoisotopic (exact) mass is 278 g/mol. The van der Waals surface area contributed by atoms with Crippen LogP contribution in [0.3, 0.4) is 0 Å². The fourth-order valence-electron chi connectivity index (χ4n) is 1.97. The van der Waals surface area contributed by atoms with Crippen LogP contribution in [0.25, 0.3) is 0 Å². The third-order valence-corrected chi connectivity index (χ3v) is 3.05. The van der Waals surface area contributed by atoms with E-state index in [0.29, 0.717) is 19.6 Å². The van der Waals surface area contributed by atoms with Crippen LogP contribution in [0.15, 0.2) is 61.2 Å². The van der Waals surface area contributed by atoms with E-state index in [1.165, 1.54) is 0 Å². The summed E-state index contributed by atoms with van der Waals surface area (Å²) in [5.74, 6) is 0.867. The van der Waals surface area contributed by atoms with Crippen molar-refractivity contribution in [2.45, 2.75) is 13.0 Å². The number of benzene rings is 2. The fraction of sp³-hybridized carbons (Fsp3) is 0.167. The van der Waals surface area contributed by atoms with Crippen molar-refractivity contribution in [1.82, 2.24) is 0 Å². The third kappa shape index (κ3) is 4.39. The summed E-state index contributed by atoms with van der Waals surface area (Å²) < 4.78 is 5.63. The van der Waals surface area contributed by atoms with Gasteiger partial charge in [-0.1, -0.05) is 43.0 Å². The number of hydrogen-bond acceptors (Lipinski definition) is 3. The van der Waals surface area contributed by atoms with Crippen LogP contribution in [0, 0.1) is 11.3 Å². The number of rotatable bonds is 7. The van der Waals surface area contributed by atoms with Crippen molar-refractivity contribution in [3.8, 4) is 11.8 Å². The smallest absolute Gasteiger partial charge is 0.124 e. The SMILES string of the molecule is C=CCOc1ccccc1CNc1ccc(CC#N)cc1. The molecule has 3 nitrogen and oxygen atoms in total. The van der Waals surface area contributed by atoms with Crippen molar-refractivity contribution in [3.05, 3.63) is 72.3 Å². The Morgan fingerprint density at radius 1 is 1.14 bits per heavy atom. The zero-order valence-electron chi connectivity index (χ0n) is 11.9. The second-order valence-corrected chi connectivity index (χ2v) is 4.59. The zero-order chi connectivity index (χ0) is 14.9. The Morgan fingerprint density at radius 3 is 2.62 bits per heavy atom. The largest absolute Gasteiger partial charge is 0.489 e. The van der Waals surface area contributed by atoms with Crippen molar-refractivity contribution in [2.75, 3.05) is 11.9 Å². The van der Waals surface area contributed by atoms with Crippen molar-refractivity contribution in [1.29, 1.82) is 5.26 Å². The summed E-state index contributed by atoms with van der Waals surface area (Å²) in [7, 11) is 0. The third-order valence-electron chi connectivity index (χ3n) is 3.05. The van der Waals surface area contributed by atoms with Gasteiger partial charge >= 0.3 is 0 Å². The number of nitrogens with zero attached hydrogens (tertiary/aromatic N) is 1. The first-order valence-electron chi connectivity index (χ1n) is 6.85. The first-order valence-corrected chi connectivity index (χ1v) is 6.85. The van der Waals surface area contributed by atoms with Gasteiger partial charge in [0, 0.05) is 17.8 Å². The molecule has 0 aliphatic heterocycles.